The molecule has 200 valence electrons. The van der Waals surface area contributed by atoms with E-state index in [-0.39, 0.29) is 33.6 Å². The van der Waals surface area contributed by atoms with Crippen molar-refractivity contribution in [2.24, 2.45) is 0 Å². The summed E-state index contributed by atoms with van der Waals surface area (Å²) < 4.78 is 31.0. The maximum Gasteiger partial charge on any atom is 0.246 e. The summed E-state index contributed by atoms with van der Waals surface area (Å²) in [6.07, 6.45) is 1.29. The normalized spacial score (nSPS) is 18.3. The minimum Gasteiger partial charge on any atom is -0.507 e. The van der Waals surface area contributed by atoms with Gasteiger partial charge in [0.2, 0.25) is 11.9 Å². The second kappa shape index (κ2) is 9.99. The fraction of sp³-hybridized carbons (Fsp3) is 0.370. The topological polar surface area (TPSA) is 76.0 Å². The van der Waals surface area contributed by atoms with Crippen molar-refractivity contribution in [2.45, 2.75) is 19.0 Å². The van der Waals surface area contributed by atoms with E-state index in [4.69, 9.17) is 16.6 Å². The summed E-state index contributed by atoms with van der Waals surface area (Å²) in [6.45, 7) is 8.23. The van der Waals surface area contributed by atoms with Crippen LogP contribution in [0.4, 0.5) is 20.5 Å². The van der Waals surface area contributed by atoms with Gasteiger partial charge in [0.05, 0.1) is 10.6 Å². The Morgan fingerprint density at radius 3 is 2.55 bits per heavy atom. The van der Waals surface area contributed by atoms with Crippen LogP contribution >= 0.6 is 11.6 Å². The number of aromatic nitrogens is 2. The largest absolute Gasteiger partial charge is 0.507 e. The Balaban J connectivity index is 1.67. The van der Waals surface area contributed by atoms with Crippen molar-refractivity contribution < 1.29 is 18.7 Å². The molecule has 5 rings (SSSR count). The summed E-state index contributed by atoms with van der Waals surface area (Å²) >= 11 is 6.54. The Labute approximate surface area is 224 Å². The van der Waals surface area contributed by atoms with E-state index in [1.54, 1.807) is 4.90 Å². The monoisotopic (exact) mass is 542 g/mol. The number of anilines is 2. The lowest BCUT2D eigenvalue weighted by Gasteiger charge is -2.44. The number of nitrogens with zero attached hydrogens (tertiary/aromatic N) is 6. The molecule has 11 heteroatoms. The van der Waals surface area contributed by atoms with Gasteiger partial charge in [-0.2, -0.15) is 4.98 Å². The lowest BCUT2D eigenvalue weighted by atomic mass is 10.0. The highest BCUT2D eigenvalue weighted by molar-refractivity contribution is 6.34. The van der Waals surface area contributed by atoms with E-state index < -0.39 is 17.4 Å². The van der Waals surface area contributed by atoms with Gasteiger partial charge in [-0.05, 0) is 45.3 Å². The molecule has 1 aromatic heterocycles. The summed E-state index contributed by atoms with van der Waals surface area (Å²) in [5.74, 6) is -1.37. The highest BCUT2D eigenvalue weighted by atomic mass is 35.5. The number of benzene rings is 2. The van der Waals surface area contributed by atoms with Crippen LogP contribution in [-0.4, -0.2) is 89.7 Å². The standard InChI is InChI=1S/C27H29ClF2N6O2/c1-5-21(38)34-9-10-36(15(2)12-34)26-17-11-18(28)22(23-19(29)7-6-8-20(23)37)24(30)25(17)31-27(32-26)35-13-16(14-35)33(3)4/h5-8,11,15-16,37H,1,9-10,12-14H2,2-4H3. The second-order valence-corrected chi connectivity index (χ2v) is 10.4. The molecule has 2 aliphatic heterocycles. The number of rotatable bonds is 5. The van der Waals surface area contributed by atoms with Crippen molar-refractivity contribution >= 4 is 40.2 Å². The predicted molar refractivity (Wildman–Crippen MR) is 145 cm³/mol. The molecule has 2 saturated heterocycles. The van der Waals surface area contributed by atoms with Crippen molar-refractivity contribution in [3.8, 4) is 16.9 Å². The Morgan fingerprint density at radius 1 is 1.18 bits per heavy atom. The minimum absolute atomic E-state index is 0.0165. The van der Waals surface area contributed by atoms with E-state index in [1.165, 1.54) is 24.3 Å². The van der Waals surface area contributed by atoms with Crippen molar-refractivity contribution in [1.29, 1.82) is 0 Å². The van der Waals surface area contributed by atoms with Gasteiger partial charge in [0.1, 0.15) is 22.9 Å². The SMILES string of the molecule is C=CC(=O)N1CCN(c2nc(N3CC(N(C)C)C3)nc3c(F)c(-c4c(O)cccc4F)c(Cl)cc23)C(C)C1. The van der Waals surface area contributed by atoms with Crippen LogP contribution in [0.15, 0.2) is 36.9 Å². The lowest BCUT2D eigenvalue weighted by Crippen LogP contribution is -2.58. The van der Waals surface area contributed by atoms with Crippen LogP contribution in [-0.2, 0) is 4.79 Å². The number of halogens is 3. The third kappa shape index (κ3) is 4.41. The number of phenolic OH excluding ortho intramolecular Hbond substituents is 1. The van der Waals surface area contributed by atoms with Gasteiger partial charge >= 0.3 is 0 Å². The van der Waals surface area contributed by atoms with Crippen LogP contribution in [0.3, 0.4) is 0 Å². The number of piperazine rings is 1. The molecular formula is C27H29ClF2N6O2. The molecule has 1 amide bonds. The molecule has 3 aromatic rings. The Morgan fingerprint density at radius 2 is 1.92 bits per heavy atom. The first-order valence-electron chi connectivity index (χ1n) is 12.4. The maximum atomic E-state index is 16.2. The zero-order chi connectivity index (χ0) is 27.3. The van der Waals surface area contributed by atoms with Crippen LogP contribution in [0.25, 0.3) is 22.0 Å². The van der Waals surface area contributed by atoms with Crippen LogP contribution in [0.1, 0.15) is 6.92 Å². The summed E-state index contributed by atoms with van der Waals surface area (Å²) in [7, 11) is 3.99. The molecule has 2 fully saturated rings. The number of phenols is 1. The third-order valence-electron chi connectivity index (χ3n) is 7.35. The van der Waals surface area contributed by atoms with Gasteiger partial charge in [-0.25, -0.2) is 13.8 Å². The molecule has 38 heavy (non-hydrogen) atoms. The smallest absolute Gasteiger partial charge is 0.246 e. The fourth-order valence-electron chi connectivity index (χ4n) is 5.06. The summed E-state index contributed by atoms with van der Waals surface area (Å²) in [5, 5.41) is 10.7. The van der Waals surface area contributed by atoms with Crippen LogP contribution in [0, 0.1) is 11.6 Å². The van der Waals surface area contributed by atoms with Gasteiger partial charge in [0.25, 0.3) is 0 Å². The minimum atomic E-state index is -0.837. The summed E-state index contributed by atoms with van der Waals surface area (Å²) in [5.41, 5.74) is -0.591. The second-order valence-electron chi connectivity index (χ2n) is 9.98. The molecule has 0 spiro atoms. The van der Waals surface area contributed by atoms with Crippen LogP contribution in [0.5, 0.6) is 5.75 Å². The molecule has 1 atom stereocenters. The number of likely N-dealkylation sites (N-methyl/N-ethyl adjacent to an activating group) is 1. The average Bonchev–Trinajstić information content (AvgIpc) is 2.84. The van der Waals surface area contributed by atoms with Crippen molar-refractivity contribution in [1.82, 2.24) is 19.8 Å². The number of amides is 1. The van der Waals surface area contributed by atoms with E-state index in [9.17, 15) is 14.3 Å². The molecule has 3 heterocycles. The summed E-state index contributed by atoms with van der Waals surface area (Å²) in [6, 6.07) is 5.45. The molecule has 1 N–H and O–H groups in total. The number of aromatic hydroxyl groups is 1. The lowest BCUT2D eigenvalue weighted by molar-refractivity contribution is -0.126. The van der Waals surface area contributed by atoms with Gasteiger partial charge < -0.3 is 24.7 Å². The number of carbonyl (C=O) groups excluding carboxylic acids is 1. The Bertz CT molecular complexity index is 1410. The van der Waals surface area contributed by atoms with E-state index in [1.807, 2.05) is 30.8 Å². The van der Waals surface area contributed by atoms with E-state index in [0.29, 0.717) is 55.9 Å². The van der Waals surface area contributed by atoms with Crippen LogP contribution < -0.4 is 9.80 Å². The maximum absolute atomic E-state index is 16.2. The first-order valence-corrected chi connectivity index (χ1v) is 12.8. The van der Waals surface area contributed by atoms with Gasteiger partial charge in [-0.1, -0.05) is 24.2 Å². The molecule has 2 aromatic carbocycles. The molecule has 8 nitrogen and oxygen atoms in total. The highest BCUT2D eigenvalue weighted by Crippen LogP contribution is 2.43. The summed E-state index contributed by atoms with van der Waals surface area (Å²) in [4.78, 5) is 29.4. The first kappa shape index (κ1) is 26.1. The van der Waals surface area contributed by atoms with Crippen molar-refractivity contribution in [3.05, 3.63) is 53.6 Å². The Kier molecular flexibility index (Phi) is 6.87. The third-order valence-corrected chi connectivity index (χ3v) is 7.65. The van der Waals surface area contributed by atoms with Crippen molar-refractivity contribution in [3.63, 3.8) is 0 Å². The number of hydrogen-bond donors (Lipinski definition) is 1. The van der Waals surface area contributed by atoms with E-state index in [0.717, 1.165) is 6.07 Å². The molecule has 0 radical (unpaired) electrons. The average molecular weight is 543 g/mol. The number of hydrogen-bond acceptors (Lipinski definition) is 7. The van der Waals surface area contributed by atoms with E-state index in [2.05, 4.69) is 16.5 Å². The van der Waals surface area contributed by atoms with Gasteiger partial charge in [-0.3, -0.25) is 4.79 Å². The molecule has 0 bridgehead atoms. The molecule has 1 unspecified atom stereocenters. The Hall–Kier alpha value is -3.50. The van der Waals surface area contributed by atoms with Gasteiger partial charge in [-0.15, -0.1) is 0 Å². The molecule has 0 saturated carbocycles. The molecule has 0 aliphatic carbocycles. The fourth-order valence-corrected chi connectivity index (χ4v) is 5.35. The zero-order valence-corrected chi connectivity index (χ0v) is 22.2. The van der Waals surface area contributed by atoms with Gasteiger partial charge in [0.15, 0.2) is 5.82 Å². The van der Waals surface area contributed by atoms with Gasteiger partial charge in [0, 0.05) is 55.8 Å². The molecular weight excluding hydrogens is 514 g/mol. The predicted octanol–water partition coefficient (Wildman–Crippen LogP) is 3.91. The van der Waals surface area contributed by atoms with Crippen LogP contribution in [0.2, 0.25) is 5.02 Å². The quantitative estimate of drug-likeness (QED) is 0.490. The number of carbonyl (C=O) groups is 1. The first-order chi connectivity index (χ1) is 18.1. The zero-order valence-electron chi connectivity index (χ0n) is 21.5. The molecule has 2 aliphatic rings. The van der Waals surface area contributed by atoms with Crippen molar-refractivity contribution in [2.75, 3.05) is 56.6 Å². The highest BCUT2D eigenvalue weighted by Gasteiger charge is 2.34. The number of fused-ring (bicyclic) bond motifs is 1. The van der Waals surface area contributed by atoms with E-state index >= 15 is 4.39 Å².